The number of aryl methyl sites for hydroxylation is 1. The van der Waals surface area contributed by atoms with Crippen molar-refractivity contribution in [3.05, 3.63) is 18.0 Å². The molecule has 8 heteroatoms. The maximum atomic E-state index is 12.2. The lowest BCUT2D eigenvalue weighted by Gasteiger charge is -2.23. The van der Waals surface area contributed by atoms with E-state index in [2.05, 4.69) is 20.3 Å². The molecule has 1 N–H and O–H groups in total. The highest BCUT2D eigenvalue weighted by Crippen LogP contribution is 2.20. The van der Waals surface area contributed by atoms with Gasteiger partial charge in [-0.25, -0.2) is 0 Å². The van der Waals surface area contributed by atoms with Gasteiger partial charge in [-0.3, -0.25) is 14.5 Å². The summed E-state index contributed by atoms with van der Waals surface area (Å²) in [6, 6.07) is 0. The van der Waals surface area contributed by atoms with Gasteiger partial charge < -0.3 is 15.0 Å². The number of hydrogen-bond donors (Lipinski definition) is 1. The van der Waals surface area contributed by atoms with Crippen molar-refractivity contribution in [3.63, 3.8) is 0 Å². The Kier molecular flexibility index (Phi) is 7.50. The Balaban J connectivity index is 0.00000288. The Hall–Kier alpha value is -1.32. The molecule has 1 saturated heterocycles. The number of aromatic nitrogens is 2. The van der Waals surface area contributed by atoms with Crippen molar-refractivity contribution >= 4 is 35.9 Å². The predicted molar refractivity (Wildman–Crippen MR) is 104 cm³/mol. The molecule has 0 amide bonds. The van der Waals surface area contributed by atoms with Crippen molar-refractivity contribution in [2.75, 3.05) is 20.1 Å². The van der Waals surface area contributed by atoms with Gasteiger partial charge >= 0.3 is 5.97 Å². The van der Waals surface area contributed by atoms with E-state index >= 15 is 0 Å². The number of guanidine groups is 1. The fourth-order valence-electron chi connectivity index (χ4n) is 2.61. The third-order valence-electron chi connectivity index (χ3n) is 3.65. The van der Waals surface area contributed by atoms with Gasteiger partial charge in [0.15, 0.2) is 5.96 Å². The molecule has 0 aliphatic carbocycles. The minimum atomic E-state index is -0.440. The van der Waals surface area contributed by atoms with Gasteiger partial charge in [0.25, 0.3) is 0 Å². The summed E-state index contributed by atoms with van der Waals surface area (Å²) in [5.74, 6) is 0.591. The molecule has 1 fully saturated rings. The van der Waals surface area contributed by atoms with Crippen molar-refractivity contribution < 1.29 is 9.53 Å². The Morgan fingerprint density at radius 1 is 1.50 bits per heavy atom. The van der Waals surface area contributed by atoms with Gasteiger partial charge in [-0.2, -0.15) is 5.10 Å². The largest absolute Gasteiger partial charge is 0.460 e. The summed E-state index contributed by atoms with van der Waals surface area (Å²) in [7, 11) is 3.65. The predicted octanol–water partition coefficient (Wildman–Crippen LogP) is 1.78. The average Bonchev–Trinajstić information content (AvgIpc) is 3.07. The summed E-state index contributed by atoms with van der Waals surface area (Å²) >= 11 is 0. The smallest absolute Gasteiger partial charge is 0.311 e. The zero-order valence-corrected chi connectivity index (χ0v) is 17.4. The van der Waals surface area contributed by atoms with E-state index in [0.29, 0.717) is 13.1 Å². The normalized spacial score (nSPS) is 18.3. The lowest BCUT2D eigenvalue weighted by molar-refractivity contribution is -0.159. The second kappa shape index (κ2) is 8.68. The van der Waals surface area contributed by atoms with E-state index in [1.807, 2.05) is 40.2 Å². The Morgan fingerprint density at radius 2 is 2.21 bits per heavy atom. The zero-order valence-electron chi connectivity index (χ0n) is 15.1. The summed E-state index contributed by atoms with van der Waals surface area (Å²) in [5, 5.41) is 7.47. The van der Waals surface area contributed by atoms with Crippen LogP contribution in [0.1, 0.15) is 32.8 Å². The maximum Gasteiger partial charge on any atom is 0.311 e. The molecule has 2 rings (SSSR count). The van der Waals surface area contributed by atoms with E-state index in [-0.39, 0.29) is 35.9 Å². The molecule has 1 unspecified atom stereocenters. The van der Waals surface area contributed by atoms with E-state index in [1.54, 1.807) is 11.7 Å². The maximum absolute atomic E-state index is 12.2. The Labute approximate surface area is 160 Å². The number of nitrogens with zero attached hydrogens (tertiary/aromatic N) is 4. The molecule has 1 aromatic rings. The quantitative estimate of drug-likeness (QED) is 0.330. The summed E-state index contributed by atoms with van der Waals surface area (Å²) in [5.41, 5.74) is 0.654. The molecule has 1 aliphatic rings. The number of halogens is 1. The van der Waals surface area contributed by atoms with Crippen LogP contribution in [0.4, 0.5) is 0 Å². The van der Waals surface area contributed by atoms with E-state index in [9.17, 15) is 4.79 Å². The summed E-state index contributed by atoms with van der Waals surface area (Å²) < 4.78 is 7.25. The van der Waals surface area contributed by atoms with E-state index in [4.69, 9.17) is 4.74 Å². The Bertz CT molecular complexity index is 579. The molecular formula is C16H28IN5O2. The second-order valence-electron chi connectivity index (χ2n) is 6.89. The topological polar surface area (TPSA) is 71.8 Å². The molecule has 136 valence electrons. The first-order valence-electron chi connectivity index (χ1n) is 7.94. The summed E-state index contributed by atoms with van der Waals surface area (Å²) in [6.07, 6.45) is 4.59. The lowest BCUT2D eigenvalue weighted by Crippen LogP contribution is -2.40. The lowest BCUT2D eigenvalue weighted by atomic mass is 10.1. The van der Waals surface area contributed by atoms with E-state index < -0.39 is 5.60 Å². The third-order valence-corrected chi connectivity index (χ3v) is 3.65. The zero-order chi connectivity index (χ0) is 17.0. The number of hydrogen-bond acceptors (Lipinski definition) is 4. The van der Waals surface area contributed by atoms with Gasteiger partial charge in [0.05, 0.1) is 12.1 Å². The van der Waals surface area contributed by atoms with Crippen LogP contribution in [-0.2, 0) is 23.1 Å². The van der Waals surface area contributed by atoms with Crippen molar-refractivity contribution in [1.82, 2.24) is 20.0 Å². The van der Waals surface area contributed by atoms with Crippen LogP contribution in [0.2, 0.25) is 0 Å². The van der Waals surface area contributed by atoms with Gasteiger partial charge in [-0.05, 0) is 27.2 Å². The standard InChI is InChI=1S/C16H27N5O2.HI/c1-16(2,3)23-14(22)13-6-7-21(11-13)15(17-4)18-8-12-9-19-20(5)10-12;/h9-10,13H,6-8,11H2,1-5H3,(H,17,18);1H. The first kappa shape index (κ1) is 20.7. The SMILES string of the molecule is CN=C(NCc1cnn(C)c1)N1CCC(C(=O)OC(C)(C)C)C1.I. The van der Waals surface area contributed by atoms with Crippen LogP contribution in [0, 0.1) is 5.92 Å². The van der Waals surface area contributed by atoms with Gasteiger partial charge in [0.1, 0.15) is 5.60 Å². The van der Waals surface area contributed by atoms with Crippen LogP contribution >= 0.6 is 24.0 Å². The van der Waals surface area contributed by atoms with Crippen molar-refractivity contribution in [2.45, 2.75) is 39.3 Å². The molecule has 0 bridgehead atoms. The Morgan fingerprint density at radius 3 is 2.75 bits per heavy atom. The first-order valence-corrected chi connectivity index (χ1v) is 7.94. The molecule has 0 radical (unpaired) electrons. The van der Waals surface area contributed by atoms with Crippen molar-refractivity contribution in [3.8, 4) is 0 Å². The van der Waals surface area contributed by atoms with Gasteiger partial charge in [-0.1, -0.05) is 0 Å². The highest BCUT2D eigenvalue weighted by molar-refractivity contribution is 14.0. The molecule has 1 aliphatic heterocycles. The van der Waals surface area contributed by atoms with Gasteiger partial charge in [-0.15, -0.1) is 24.0 Å². The molecule has 0 aromatic carbocycles. The molecule has 2 heterocycles. The highest BCUT2D eigenvalue weighted by atomic mass is 127. The molecule has 1 atom stereocenters. The van der Waals surface area contributed by atoms with E-state index in [1.165, 1.54) is 0 Å². The minimum Gasteiger partial charge on any atom is -0.460 e. The number of rotatable bonds is 3. The number of aliphatic imine (C=N–C) groups is 1. The van der Waals surface area contributed by atoms with E-state index in [0.717, 1.165) is 24.5 Å². The van der Waals surface area contributed by atoms with Crippen LogP contribution < -0.4 is 5.32 Å². The van der Waals surface area contributed by atoms with Crippen LogP contribution in [0.3, 0.4) is 0 Å². The number of esters is 1. The van der Waals surface area contributed by atoms with Crippen molar-refractivity contribution in [2.24, 2.45) is 18.0 Å². The van der Waals surface area contributed by atoms with Gasteiger partial charge in [0, 0.05) is 45.5 Å². The van der Waals surface area contributed by atoms with Crippen molar-refractivity contribution in [1.29, 1.82) is 0 Å². The third kappa shape index (κ3) is 5.95. The van der Waals surface area contributed by atoms with Crippen LogP contribution in [0.25, 0.3) is 0 Å². The fourth-order valence-corrected chi connectivity index (χ4v) is 2.61. The number of nitrogens with one attached hydrogen (secondary N) is 1. The monoisotopic (exact) mass is 449 g/mol. The number of ether oxygens (including phenoxy) is 1. The summed E-state index contributed by atoms with van der Waals surface area (Å²) in [6.45, 7) is 7.79. The molecule has 7 nitrogen and oxygen atoms in total. The molecule has 0 saturated carbocycles. The average molecular weight is 449 g/mol. The van der Waals surface area contributed by atoms with Gasteiger partial charge in [0.2, 0.25) is 0 Å². The first-order chi connectivity index (χ1) is 10.8. The minimum absolute atomic E-state index is 0. The van der Waals surface area contributed by atoms with Crippen LogP contribution in [0.15, 0.2) is 17.4 Å². The van der Waals surface area contributed by atoms with Crippen LogP contribution in [-0.4, -0.2) is 52.3 Å². The van der Waals surface area contributed by atoms with Crippen LogP contribution in [0.5, 0.6) is 0 Å². The number of carbonyl (C=O) groups is 1. The molecular weight excluding hydrogens is 421 g/mol. The second-order valence-corrected chi connectivity index (χ2v) is 6.89. The number of likely N-dealkylation sites (tertiary alicyclic amines) is 1. The summed E-state index contributed by atoms with van der Waals surface area (Å²) in [4.78, 5) is 18.6. The molecule has 1 aromatic heterocycles. The number of carbonyl (C=O) groups excluding carboxylic acids is 1. The fraction of sp³-hybridized carbons (Fsp3) is 0.688. The highest BCUT2D eigenvalue weighted by Gasteiger charge is 2.33. The molecule has 24 heavy (non-hydrogen) atoms. The molecule has 0 spiro atoms.